The van der Waals surface area contributed by atoms with E-state index < -0.39 is 23.3 Å². The summed E-state index contributed by atoms with van der Waals surface area (Å²) >= 11 is 0. The van der Waals surface area contributed by atoms with E-state index in [9.17, 15) is 14.7 Å². The first-order chi connectivity index (χ1) is 29.6. The number of imidazole rings is 1. The van der Waals surface area contributed by atoms with Crippen LogP contribution < -0.4 is 14.8 Å². The van der Waals surface area contributed by atoms with Gasteiger partial charge in [-0.1, -0.05) is 133 Å². The van der Waals surface area contributed by atoms with E-state index in [0.29, 0.717) is 30.0 Å². The first-order valence-corrected chi connectivity index (χ1v) is 20.3. The zero-order valence-corrected chi connectivity index (χ0v) is 34.3. The minimum Gasteiger partial charge on any atom is -0.471 e. The topological polar surface area (TPSA) is 141 Å². The Hall–Kier alpha value is -6.73. The second-order valence-corrected chi connectivity index (χ2v) is 16.1. The molecule has 1 aliphatic rings. The van der Waals surface area contributed by atoms with Crippen molar-refractivity contribution in [1.29, 1.82) is 0 Å². The SMILES string of the molecule is CC(C)(C)C(=O)Oc1ccc(COc2nc(NC(=O)Cc3ccccc3)nc3c2ncn3[C@H]2CN(C(c3ccccc3)(c3ccccc3)c3ccccc3)C[C@@H](CO)O2)cc1. The van der Waals surface area contributed by atoms with Crippen LogP contribution >= 0.6 is 0 Å². The molecule has 0 bridgehead atoms. The highest BCUT2D eigenvalue weighted by Crippen LogP contribution is 2.45. The molecule has 8 rings (SSSR count). The van der Waals surface area contributed by atoms with Crippen LogP contribution in [0.2, 0.25) is 0 Å². The fraction of sp³-hybridized carbons (Fsp3) is 0.245. The van der Waals surface area contributed by atoms with E-state index in [0.717, 1.165) is 27.8 Å². The number of carbonyl (C=O) groups excluding carboxylic acids is 2. The average molecular weight is 817 g/mol. The number of amides is 1. The molecule has 0 unspecified atom stereocenters. The maximum atomic E-state index is 13.4. The van der Waals surface area contributed by atoms with Crippen molar-refractivity contribution in [3.05, 3.63) is 180 Å². The molecule has 1 amide bonds. The van der Waals surface area contributed by atoms with Crippen LogP contribution in [0.1, 0.15) is 54.8 Å². The third kappa shape index (κ3) is 8.92. The number of ether oxygens (including phenoxy) is 3. The molecule has 0 radical (unpaired) electrons. The second kappa shape index (κ2) is 17.9. The van der Waals surface area contributed by atoms with Crippen molar-refractivity contribution in [3.8, 4) is 11.6 Å². The van der Waals surface area contributed by atoms with E-state index in [1.54, 1.807) is 39.2 Å². The lowest BCUT2D eigenvalue weighted by atomic mass is 9.75. The lowest BCUT2D eigenvalue weighted by Gasteiger charge is -2.50. The number of aliphatic hydroxyl groups excluding tert-OH is 1. The zero-order valence-electron chi connectivity index (χ0n) is 34.3. The minimum absolute atomic E-state index is 0.0354. The molecular formula is C49H48N6O6. The van der Waals surface area contributed by atoms with Crippen molar-refractivity contribution in [2.24, 2.45) is 5.41 Å². The molecular weight excluding hydrogens is 769 g/mol. The van der Waals surface area contributed by atoms with Crippen LogP contribution in [-0.4, -0.2) is 67.2 Å². The van der Waals surface area contributed by atoms with Gasteiger partial charge in [0.05, 0.1) is 36.4 Å². The van der Waals surface area contributed by atoms with E-state index in [1.165, 1.54) is 0 Å². The Bertz CT molecular complexity index is 2470. The smallest absolute Gasteiger partial charge is 0.316 e. The molecule has 12 nitrogen and oxygen atoms in total. The molecule has 0 saturated carbocycles. The summed E-state index contributed by atoms with van der Waals surface area (Å²) in [5.41, 5.74) is 4.10. The minimum atomic E-state index is -0.782. The molecule has 61 heavy (non-hydrogen) atoms. The van der Waals surface area contributed by atoms with Gasteiger partial charge in [-0.15, -0.1) is 0 Å². The molecule has 5 aromatic carbocycles. The predicted molar refractivity (Wildman–Crippen MR) is 232 cm³/mol. The van der Waals surface area contributed by atoms with Gasteiger partial charge in [-0.25, -0.2) is 4.98 Å². The number of benzene rings is 5. The Kier molecular flexibility index (Phi) is 12.0. The third-order valence-electron chi connectivity index (χ3n) is 10.7. The van der Waals surface area contributed by atoms with Crippen LogP contribution in [-0.2, 0) is 32.9 Å². The Morgan fingerprint density at radius 3 is 1.89 bits per heavy atom. The molecule has 1 aliphatic heterocycles. The van der Waals surface area contributed by atoms with Crippen molar-refractivity contribution in [3.63, 3.8) is 0 Å². The molecule has 2 aromatic heterocycles. The highest BCUT2D eigenvalue weighted by molar-refractivity contribution is 5.91. The largest absolute Gasteiger partial charge is 0.471 e. The van der Waals surface area contributed by atoms with Gasteiger partial charge in [0.25, 0.3) is 0 Å². The maximum Gasteiger partial charge on any atom is 0.316 e. The number of hydrogen-bond acceptors (Lipinski definition) is 10. The Balaban J connectivity index is 1.17. The van der Waals surface area contributed by atoms with Crippen molar-refractivity contribution in [1.82, 2.24) is 24.4 Å². The summed E-state index contributed by atoms with van der Waals surface area (Å²) in [6.45, 7) is 6.04. The fourth-order valence-electron chi connectivity index (χ4n) is 7.70. The van der Waals surface area contributed by atoms with Gasteiger partial charge in [-0.2, -0.15) is 9.97 Å². The van der Waals surface area contributed by atoms with Gasteiger partial charge < -0.3 is 19.3 Å². The van der Waals surface area contributed by atoms with Gasteiger partial charge in [-0.3, -0.25) is 24.4 Å². The summed E-state index contributed by atoms with van der Waals surface area (Å²) < 4.78 is 20.4. The maximum absolute atomic E-state index is 13.4. The van der Waals surface area contributed by atoms with Gasteiger partial charge in [0.15, 0.2) is 11.2 Å². The molecule has 310 valence electrons. The highest BCUT2D eigenvalue weighted by atomic mass is 16.5. The lowest BCUT2D eigenvalue weighted by molar-refractivity contribution is -0.148. The first kappa shape index (κ1) is 41.0. The van der Waals surface area contributed by atoms with E-state index in [4.69, 9.17) is 24.2 Å². The van der Waals surface area contributed by atoms with E-state index in [1.807, 2.05) is 102 Å². The number of esters is 1. The van der Waals surface area contributed by atoms with Crippen LogP contribution in [0.3, 0.4) is 0 Å². The van der Waals surface area contributed by atoms with Crippen molar-refractivity contribution >= 4 is 29.0 Å². The van der Waals surface area contributed by atoms with Gasteiger partial charge in [0, 0.05) is 13.1 Å². The Morgan fingerprint density at radius 2 is 1.33 bits per heavy atom. The molecule has 1 saturated heterocycles. The number of aromatic nitrogens is 4. The summed E-state index contributed by atoms with van der Waals surface area (Å²) in [5, 5.41) is 13.7. The lowest BCUT2D eigenvalue weighted by Crippen LogP contribution is -2.57. The highest BCUT2D eigenvalue weighted by Gasteiger charge is 2.46. The number of nitrogens with zero attached hydrogens (tertiary/aromatic N) is 5. The monoisotopic (exact) mass is 816 g/mol. The third-order valence-corrected chi connectivity index (χ3v) is 10.7. The van der Waals surface area contributed by atoms with E-state index >= 15 is 0 Å². The van der Waals surface area contributed by atoms with Crippen LogP contribution in [0, 0.1) is 5.41 Å². The summed E-state index contributed by atoms with van der Waals surface area (Å²) in [4.78, 5) is 42.5. The normalized spacial score (nSPS) is 15.9. The Labute approximate surface area is 354 Å². The van der Waals surface area contributed by atoms with Gasteiger partial charge >= 0.3 is 5.97 Å². The molecule has 12 heteroatoms. The predicted octanol–water partition coefficient (Wildman–Crippen LogP) is 7.72. The molecule has 3 heterocycles. The number of anilines is 1. The van der Waals surface area contributed by atoms with Crippen molar-refractivity contribution < 1.29 is 28.9 Å². The molecule has 2 atom stereocenters. The number of fused-ring (bicyclic) bond motifs is 1. The molecule has 2 N–H and O–H groups in total. The molecule has 7 aromatic rings. The number of aliphatic hydroxyl groups is 1. The molecule has 0 aliphatic carbocycles. The number of morpholine rings is 1. The van der Waals surface area contributed by atoms with Crippen molar-refractivity contribution in [2.75, 3.05) is 25.0 Å². The number of hydrogen-bond donors (Lipinski definition) is 2. The van der Waals surface area contributed by atoms with Gasteiger partial charge in [-0.05, 0) is 60.7 Å². The number of carbonyl (C=O) groups is 2. The summed E-state index contributed by atoms with van der Waals surface area (Å²) in [6, 6.07) is 47.6. The standard InChI is InChI=1S/C49H48N6O6/c1-48(2,3)46(58)61-39-26-24-35(25-27-39)32-59-45-43-44(52-47(53-45)51-41(57)28-34-16-8-4-9-17-34)55(33-50-43)42-30-54(29-40(31-56)60-42)49(36-18-10-5-11-19-36,37-20-12-6-13-21-37)38-22-14-7-15-23-38/h4-27,33,40,42,56H,28-32H2,1-3H3,(H,51,52,53,57)/t40-,42+/m0/s1. The van der Waals surface area contributed by atoms with E-state index in [2.05, 4.69) is 51.6 Å². The quantitative estimate of drug-likeness (QED) is 0.0676. The summed E-state index contributed by atoms with van der Waals surface area (Å²) in [7, 11) is 0. The van der Waals surface area contributed by atoms with Crippen LogP contribution in [0.5, 0.6) is 11.6 Å². The molecule has 0 spiro atoms. The fourth-order valence-corrected chi connectivity index (χ4v) is 7.70. The molecule has 1 fully saturated rings. The first-order valence-electron chi connectivity index (χ1n) is 20.3. The van der Waals surface area contributed by atoms with Gasteiger partial charge in [0.2, 0.25) is 17.7 Å². The number of nitrogens with one attached hydrogen (secondary N) is 1. The van der Waals surface area contributed by atoms with Crippen LogP contribution in [0.25, 0.3) is 11.2 Å². The zero-order chi connectivity index (χ0) is 42.4. The summed E-state index contributed by atoms with van der Waals surface area (Å²) in [6.07, 6.45) is 0.478. The second-order valence-electron chi connectivity index (χ2n) is 16.1. The summed E-state index contributed by atoms with van der Waals surface area (Å²) in [5.74, 6) is -0.0251. The Morgan fingerprint density at radius 1 is 0.754 bits per heavy atom. The number of rotatable bonds is 13. The van der Waals surface area contributed by atoms with Crippen LogP contribution in [0.15, 0.2) is 152 Å². The van der Waals surface area contributed by atoms with Crippen LogP contribution in [0.4, 0.5) is 5.95 Å². The van der Waals surface area contributed by atoms with Gasteiger partial charge in [0.1, 0.15) is 18.6 Å². The van der Waals surface area contributed by atoms with Crippen molar-refractivity contribution in [2.45, 2.75) is 51.7 Å². The van der Waals surface area contributed by atoms with E-state index in [-0.39, 0.29) is 43.3 Å². The average Bonchev–Trinajstić information content (AvgIpc) is 3.71.